The van der Waals surface area contributed by atoms with Crippen molar-refractivity contribution in [3.63, 3.8) is 0 Å². The minimum Gasteiger partial charge on any atom is -0.326 e. The van der Waals surface area contributed by atoms with E-state index in [1.165, 1.54) is 42.7 Å². The van der Waals surface area contributed by atoms with E-state index in [0.717, 1.165) is 0 Å². The Morgan fingerprint density at radius 3 is 2.33 bits per heavy atom. The lowest BCUT2D eigenvalue weighted by atomic mass is 10.1. The van der Waals surface area contributed by atoms with Crippen LogP contribution in [0.1, 0.15) is 19.5 Å². The normalized spacial score (nSPS) is 11.5. The molecule has 0 radical (unpaired) electrons. The molecule has 0 aliphatic heterocycles. The largest absolute Gasteiger partial charge is 0.326 e. The minimum atomic E-state index is -3.78. The summed E-state index contributed by atoms with van der Waals surface area (Å²) < 4.78 is 40.7. The third-order valence-corrected chi connectivity index (χ3v) is 5.68. The van der Waals surface area contributed by atoms with Gasteiger partial charge in [0.25, 0.3) is 0 Å². The van der Waals surface area contributed by atoms with Crippen LogP contribution < -0.4 is 10.0 Å². The first-order chi connectivity index (χ1) is 14.2. The average molecular weight is 428 g/mol. The highest BCUT2D eigenvalue weighted by molar-refractivity contribution is 7.89. The first kappa shape index (κ1) is 21.5. The van der Waals surface area contributed by atoms with E-state index in [0.29, 0.717) is 22.6 Å². The van der Waals surface area contributed by atoms with Gasteiger partial charge in [0.2, 0.25) is 15.9 Å². The smallest absolute Gasteiger partial charge is 0.240 e. The van der Waals surface area contributed by atoms with Crippen molar-refractivity contribution in [1.29, 1.82) is 0 Å². The second-order valence-electron chi connectivity index (χ2n) is 6.89. The van der Waals surface area contributed by atoms with Gasteiger partial charge in [-0.3, -0.25) is 4.79 Å². The van der Waals surface area contributed by atoms with Gasteiger partial charge in [0.05, 0.1) is 22.8 Å². The van der Waals surface area contributed by atoms with Crippen LogP contribution in [0.2, 0.25) is 0 Å². The molecule has 2 N–H and O–H groups in total. The van der Waals surface area contributed by atoms with Crippen molar-refractivity contribution in [3.8, 4) is 11.3 Å². The Bertz CT molecular complexity index is 1130. The second-order valence-corrected chi connectivity index (χ2v) is 8.66. The van der Waals surface area contributed by atoms with E-state index in [-0.39, 0.29) is 29.1 Å². The van der Waals surface area contributed by atoms with Crippen LogP contribution in [0.15, 0.2) is 65.8 Å². The summed E-state index contributed by atoms with van der Waals surface area (Å²) >= 11 is 0. The fourth-order valence-corrected chi connectivity index (χ4v) is 3.53. The topological polar surface area (TPSA) is 101 Å². The molecule has 1 heterocycles. The Morgan fingerprint density at radius 2 is 1.70 bits per heavy atom. The molecule has 0 atom stereocenters. The standard InChI is InChI=1S/C21H21FN4O3S/c1-14(2)21(27)26-17-7-9-19(10-8-17)30(28,29)25-12-18-11-20(24-13-23-18)15-3-5-16(22)6-4-15/h3-11,13-14,25H,12H2,1-2H3,(H,26,27). The Kier molecular flexibility index (Phi) is 6.53. The summed E-state index contributed by atoms with van der Waals surface area (Å²) in [6.45, 7) is 3.50. The van der Waals surface area contributed by atoms with E-state index >= 15 is 0 Å². The monoisotopic (exact) mass is 428 g/mol. The van der Waals surface area contributed by atoms with Gasteiger partial charge >= 0.3 is 0 Å². The molecular weight excluding hydrogens is 407 g/mol. The predicted molar refractivity (Wildman–Crippen MR) is 111 cm³/mol. The van der Waals surface area contributed by atoms with Crippen LogP contribution in [-0.4, -0.2) is 24.3 Å². The van der Waals surface area contributed by atoms with E-state index in [1.807, 2.05) is 0 Å². The molecule has 0 saturated heterocycles. The number of halogens is 1. The van der Waals surface area contributed by atoms with Gasteiger partial charge in [-0.15, -0.1) is 0 Å². The molecule has 1 aromatic heterocycles. The van der Waals surface area contributed by atoms with Crippen LogP contribution in [0.5, 0.6) is 0 Å². The molecule has 0 aliphatic carbocycles. The van der Waals surface area contributed by atoms with Crippen LogP contribution in [-0.2, 0) is 21.4 Å². The molecular formula is C21H21FN4O3S. The number of nitrogens with zero attached hydrogens (tertiary/aromatic N) is 2. The molecule has 2 aromatic carbocycles. The fraction of sp³-hybridized carbons (Fsp3) is 0.190. The molecule has 0 unspecified atom stereocenters. The van der Waals surface area contributed by atoms with Crippen molar-refractivity contribution in [3.05, 3.63) is 72.4 Å². The molecule has 0 bridgehead atoms. The number of nitrogens with one attached hydrogen (secondary N) is 2. The average Bonchev–Trinajstić information content (AvgIpc) is 2.73. The van der Waals surface area contributed by atoms with Gasteiger partial charge in [-0.1, -0.05) is 13.8 Å². The molecule has 0 fully saturated rings. The summed E-state index contributed by atoms with van der Waals surface area (Å²) in [5, 5.41) is 2.71. The number of rotatable bonds is 7. The number of sulfonamides is 1. The molecule has 1 amide bonds. The summed E-state index contributed by atoms with van der Waals surface area (Å²) in [5.74, 6) is -0.678. The molecule has 0 spiro atoms. The molecule has 9 heteroatoms. The van der Waals surface area contributed by atoms with Crippen LogP contribution in [0.3, 0.4) is 0 Å². The maximum absolute atomic E-state index is 13.1. The third-order valence-electron chi connectivity index (χ3n) is 4.26. The Balaban J connectivity index is 1.68. The molecule has 30 heavy (non-hydrogen) atoms. The van der Waals surface area contributed by atoms with Gasteiger partial charge in [-0.25, -0.2) is 27.5 Å². The fourth-order valence-electron chi connectivity index (χ4n) is 2.53. The van der Waals surface area contributed by atoms with E-state index < -0.39 is 10.0 Å². The van der Waals surface area contributed by atoms with Gasteiger partial charge < -0.3 is 5.32 Å². The summed E-state index contributed by atoms with van der Waals surface area (Å²) in [6.07, 6.45) is 1.33. The third kappa shape index (κ3) is 5.46. The predicted octanol–water partition coefficient (Wildman–Crippen LogP) is 3.36. The van der Waals surface area contributed by atoms with Crippen molar-refractivity contribution in [1.82, 2.24) is 14.7 Å². The minimum absolute atomic E-state index is 0.0368. The van der Waals surface area contributed by atoms with Crippen molar-refractivity contribution in [2.24, 2.45) is 5.92 Å². The quantitative estimate of drug-likeness (QED) is 0.601. The van der Waals surface area contributed by atoms with Crippen molar-refractivity contribution < 1.29 is 17.6 Å². The van der Waals surface area contributed by atoms with Gasteiger partial charge in [-0.2, -0.15) is 0 Å². The van der Waals surface area contributed by atoms with Gasteiger partial charge in [0.15, 0.2) is 0 Å². The lowest BCUT2D eigenvalue weighted by molar-refractivity contribution is -0.118. The van der Waals surface area contributed by atoms with Crippen LogP contribution >= 0.6 is 0 Å². The number of aromatic nitrogens is 2. The molecule has 3 aromatic rings. The maximum Gasteiger partial charge on any atom is 0.240 e. The molecule has 0 saturated carbocycles. The van der Waals surface area contributed by atoms with Gasteiger partial charge in [-0.05, 0) is 54.6 Å². The number of carbonyl (C=O) groups excluding carboxylic acids is 1. The second kappa shape index (κ2) is 9.10. The maximum atomic E-state index is 13.1. The SMILES string of the molecule is CC(C)C(=O)Nc1ccc(S(=O)(=O)NCc2cc(-c3ccc(F)cc3)ncn2)cc1. The summed E-state index contributed by atoms with van der Waals surface area (Å²) in [5.41, 5.74) is 2.24. The van der Waals surface area contributed by atoms with E-state index in [9.17, 15) is 17.6 Å². The zero-order chi connectivity index (χ0) is 21.7. The van der Waals surface area contributed by atoms with E-state index in [2.05, 4.69) is 20.0 Å². The molecule has 7 nitrogen and oxygen atoms in total. The number of anilines is 1. The Labute approximate surface area is 174 Å². The molecule has 3 rings (SSSR count). The Morgan fingerprint density at radius 1 is 1.03 bits per heavy atom. The summed E-state index contributed by atoms with van der Waals surface area (Å²) in [6, 6.07) is 13.4. The summed E-state index contributed by atoms with van der Waals surface area (Å²) in [4.78, 5) is 20.0. The summed E-state index contributed by atoms with van der Waals surface area (Å²) in [7, 11) is -3.78. The lowest BCUT2D eigenvalue weighted by Gasteiger charge is -2.10. The van der Waals surface area contributed by atoms with Crippen LogP contribution in [0.25, 0.3) is 11.3 Å². The van der Waals surface area contributed by atoms with E-state index in [4.69, 9.17) is 0 Å². The van der Waals surface area contributed by atoms with Crippen molar-refractivity contribution in [2.45, 2.75) is 25.3 Å². The van der Waals surface area contributed by atoms with Gasteiger partial charge in [0.1, 0.15) is 12.1 Å². The zero-order valence-electron chi connectivity index (χ0n) is 16.5. The highest BCUT2D eigenvalue weighted by Gasteiger charge is 2.15. The molecule has 156 valence electrons. The highest BCUT2D eigenvalue weighted by Crippen LogP contribution is 2.18. The van der Waals surface area contributed by atoms with E-state index in [1.54, 1.807) is 32.0 Å². The van der Waals surface area contributed by atoms with Crippen LogP contribution in [0.4, 0.5) is 10.1 Å². The molecule has 0 aliphatic rings. The first-order valence-corrected chi connectivity index (χ1v) is 10.7. The van der Waals surface area contributed by atoms with Crippen LogP contribution in [0, 0.1) is 11.7 Å². The van der Waals surface area contributed by atoms with Crippen molar-refractivity contribution in [2.75, 3.05) is 5.32 Å². The number of hydrogen-bond acceptors (Lipinski definition) is 5. The van der Waals surface area contributed by atoms with Gasteiger partial charge in [0, 0.05) is 17.2 Å². The number of hydrogen-bond donors (Lipinski definition) is 2. The van der Waals surface area contributed by atoms with Crippen molar-refractivity contribution >= 4 is 21.6 Å². The Hall–Kier alpha value is -3.17. The first-order valence-electron chi connectivity index (χ1n) is 9.22. The number of benzene rings is 2. The number of amides is 1. The highest BCUT2D eigenvalue weighted by atomic mass is 32.2. The lowest BCUT2D eigenvalue weighted by Crippen LogP contribution is -2.24. The number of carbonyl (C=O) groups is 1. The zero-order valence-corrected chi connectivity index (χ0v) is 17.3.